The predicted molar refractivity (Wildman–Crippen MR) is 135 cm³/mol. The monoisotopic (exact) mass is 481 g/mol. The SMILES string of the molecule is CC(=O)N(c1cccc(C)c1)c1nc(CSc2nnc(Nc3cccc(C)c3C)s2)cs1. The number of thioether (sulfide) groups is 1. The van der Waals surface area contributed by atoms with Crippen LogP contribution in [0, 0.1) is 20.8 Å². The molecule has 2 aromatic heterocycles. The Morgan fingerprint density at radius 3 is 2.72 bits per heavy atom. The zero-order valence-electron chi connectivity index (χ0n) is 18.2. The number of amides is 1. The number of aryl methyl sites for hydroxylation is 2. The fourth-order valence-electron chi connectivity index (χ4n) is 3.12. The van der Waals surface area contributed by atoms with E-state index in [0.717, 1.165) is 32.1 Å². The fraction of sp³-hybridized carbons (Fsp3) is 0.217. The maximum Gasteiger partial charge on any atom is 0.230 e. The van der Waals surface area contributed by atoms with Crippen molar-refractivity contribution in [2.24, 2.45) is 0 Å². The molecule has 0 unspecified atom stereocenters. The first kappa shape index (κ1) is 22.4. The van der Waals surface area contributed by atoms with Gasteiger partial charge in [-0.1, -0.05) is 47.4 Å². The van der Waals surface area contributed by atoms with Crippen LogP contribution in [0.4, 0.5) is 21.6 Å². The van der Waals surface area contributed by atoms with E-state index in [1.165, 1.54) is 33.8 Å². The maximum atomic E-state index is 12.3. The van der Waals surface area contributed by atoms with Crippen molar-refractivity contribution in [2.45, 2.75) is 37.8 Å². The Hall–Kier alpha value is -2.75. The summed E-state index contributed by atoms with van der Waals surface area (Å²) in [5.41, 5.74) is 6.32. The molecule has 2 heterocycles. The molecule has 4 aromatic rings. The van der Waals surface area contributed by atoms with Crippen LogP contribution in [0.1, 0.15) is 29.3 Å². The largest absolute Gasteiger partial charge is 0.330 e. The van der Waals surface area contributed by atoms with Gasteiger partial charge in [-0.25, -0.2) is 4.98 Å². The zero-order valence-corrected chi connectivity index (χ0v) is 20.7. The summed E-state index contributed by atoms with van der Waals surface area (Å²) < 4.78 is 0.870. The van der Waals surface area contributed by atoms with Crippen molar-refractivity contribution < 1.29 is 4.79 Å². The van der Waals surface area contributed by atoms with Crippen molar-refractivity contribution in [1.82, 2.24) is 15.2 Å². The molecule has 1 N–H and O–H groups in total. The molecule has 0 bridgehead atoms. The molecule has 0 radical (unpaired) electrons. The lowest BCUT2D eigenvalue weighted by Crippen LogP contribution is -2.22. The second-order valence-electron chi connectivity index (χ2n) is 7.35. The van der Waals surface area contributed by atoms with Crippen LogP contribution in [0.15, 0.2) is 52.2 Å². The summed E-state index contributed by atoms with van der Waals surface area (Å²) in [6.07, 6.45) is 0. The summed E-state index contributed by atoms with van der Waals surface area (Å²) in [5, 5.41) is 15.3. The Kier molecular flexibility index (Phi) is 6.88. The molecule has 0 fully saturated rings. The molecule has 0 aliphatic rings. The van der Waals surface area contributed by atoms with E-state index in [-0.39, 0.29) is 5.91 Å². The zero-order chi connectivity index (χ0) is 22.7. The number of hydrogen-bond acceptors (Lipinski definition) is 8. The molecular weight excluding hydrogens is 458 g/mol. The van der Waals surface area contributed by atoms with Gasteiger partial charge in [-0.2, -0.15) is 0 Å². The Bertz CT molecular complexity index is 1250. The van der Waals surface area contributed by atoms with Gasteiger partial charge in [0, 0.05) is 23.7 Å². The maximum absolute atomic E-state index is 12.3. The molecule has 2 aromatic carbocycles. The topological polar surface area (TPSA) is 71.0 Å². The number of aromatic nitrogens is 3. The van der Waals surface area contributed by atoms with Gasteiger partial charge >= 0.3 is 0 Å². The average molecular weight is 482 g/mol. The first-order valence-corrected chi connectivity index (χ1v) is 12.7. The molecule has 0 atom stereocenters. The van der Waals surface area contributed by atoms with Gasteiger partial charge in [0.25, 0.3) is 0 Å². The van der Waals surface area contributed by atoms with Crippen molar-refractivity contribution in [3.05, 3.63) is 70.2 Å². The normalized spacial score (nSPS) is 10.9. The number of hydrogen-bond donors (Lipinski definition) is 1. The van der Waals surface area contributed by atoms with Gasteiger partial charge in [0.2, 0.25) is 11.0 Å². The molecule has 0 saturated carbocycles. The summed E-state index contributed by atoms with van der Waals surface area (Å²) in [6, 6.07) is 14.0. The summed E-state index contributed by atoms with van der Waals surface area (Å²) in [6.45, 7) is 7.76. The van der Waals surface area contributed by atoms with Crippen LogP contribution in [0.3, 0.4) is 0 Å². The number of rotatable bonds is 7. The predicted octanol–water partition coefficient (Wildman–Crippen LogP) is 6.64. The minimum Gasteiger partial charge on any atom is -0.330 e. The Morgan fingerprint density at radius 1 is 1.12 bits per heavy atom. The van der Waals surface area contributed by atoms with E-state index >= 15 is 0 Å². The lowest BCUT2D eigenvalue weighted by atomic mass is 10.1. The minimum atomic E-state index is -0.0598. The summed E-state index contributed by atoms with van der Waals surface area (Å²) >= 11 is 4.58. The summed E-state index contributed by atoms with van der Waals surface area (Å²) in [7, 11) is 0. The van der Waals surface area contributed by atoms with Crippen LogP contribution in [0.25, 0.3) is 0 Å². The average Bonchev–Trinajstić information content (AvgIpc) is 3.39. The number of anilines is 4. The van der Waals surface area contributed by atoms with Crippen LogP contribution in [-0.2, 0) is 10.5 Å². The molecule has 4 rings (SSSR count). The van der Waals surface area contributed by atoms with Crippen LogP contribution >= 0.6 is 34.4 Å². The van der Waals surface area contributed by atoms with E-state index in [9.17, 15) is 4.79 Å². The van der Waals surface area contributed by atoms with Gasteiger partial charge < -0.3 is 5.32 Å². The van der Waals surface area contributed by atoms with E-state index in [2.05, 4.69) is 35.4 Å². The molecule has 0 spiro atoms. The fourth-order valence-corrected chi connectivity index (χ4v) is 5.76. The van der Waals surface area contributed by atoms with E-state index in [1.54, 1.807) is 23.6 Å². The molecule has 9 heteroatoms. The summed E-state index contributed by atoms with van der Waals surface area (Å²) in [4.78, 5) is 18.7. The van der Waals surface area contributed by atoms with Gasteiger partial charge in [0.1, 0.15) is 0 Å². The molecule has 0 aliphatic carbocycles. The van der Waals surface area contributed by atoms with Crippen molar-refractivity contribution >= 4 is 62.0 Å². The molecule has 0 saturated heterocycles. The smallest absolute Gasteiger partial charge is 0.230 e. The molecule has 0 aliphatic heterocycles. The number of nitrogens with zero attached hydrogens (tertiary/aromatic N) is 4. The first-order chi connectivity index (χ1) is 15.4. The van der Waals surface area contributed by atoms with Gasteiger partial charge in [0.05, 0.1) is 11.4 Å². The number of thiazole rings is 1. The molecule has 1 amide bonds. The van der Waals surface area contributed by atoms with Crippen molar-refractivity contribution in [2.75, 3.05) is 10.2 Å². The van der Waals surface area contributed by atoms with Crippen molar-refractivity contribution in [1.29, 1.82) is 0 Å². The number of benzene rings is 2. The highest BCUT2D eigenvalue weighted by atomic mass is 32.2. The Labute approximate surface area is 199 Å². The number of nitrogens with one attached hydrogen (secondary N) is 1. The quantitative estimate of drug-likeness (QED) is 0.298. The van der Waals surface area contributed by atoms with Crippen LogP contribution in [0.2, 0.25) is 0 Å². The van der Waals surface area contributed by atoms with E-state index in [4.69, 9.17) is 4.98 Å². The van der Waals surface area contributed by atoms with Crippen molar-refractivity contribution in [3.8, 4) is 0 Å². The lowest BCUT2D eigenvalue weighted by molar-refractivity contribution is -0.115. The molecule has 32 heavy (non-hydrogen) atoms. The third-order valence-corrected chi connectivity index (χ3v) is 7.78. The van der Waals surface area contributed by atoms with Crippen LogP contribution in [0.5, 0.6) is 0 Å². The first-order valence-electron chi connectivity index (χ1n) is 10.0. The van der Waals surface area contributed by atoms with E-state index < -0.39 is 0 Å². The number of carbonyl (C=O) groups excluding carboxylic acids is 1. The number of carbonyl (C=O) groups is 1. The van der Waals surface area contributed by atoms with Crippen LogP contribution < -0.4 is 10.2 Å². The molecular formula is C23H23N5OS3. The van der Waals surface area contributed by atoms with Crippen molar-refractivity contribution in [3.63, 3.8) is 0 Å². The lowest BCUT2D eigenvalue weighted by Gasteiger charge is -2.18. The third kappa shape index (κ3) is 5.17. The Morgan fingerprint density at radius 2 is 1.94 bits per heavy atom. The second-order valence-corrected chi connectivity index (χ2v) is 10.4. The highest BCUT2D eigenvalue weighted by Gasteiger charge is 2.18. The molecule has 164 valence electrons. The van der Waals surface area contributed by atoms with E-state index in [0.29, 0.717) is 10.9 Å². The summed E-state index contributed by atoms with van der Waals surface area (Å²) in [5.74, 6) is 0.601. The highest BCUT2D eigenvalue weighted by molar-refractivity contribution is 8.00. The minimum absolute atomic E-state index is 0.0598. The van der Waals surface area contributed by atoms with Gasteiger partial charge in [-0.15, -0.1) is 21.5 Å². The second kappa shape index (κ2) is 9.81. The third-order valence-electron chi connectivity index (χ3n) is 4.90. The highest BCUT2D eigenvalue weighted by Crippen LogP contribution is 2.34. The molecule has 6 nitrogen and oxygen atoms in total. The Balaban J connectivity index is 1.42. The van der Waals surface area contributed by atoms with Gasteiger partial charge in [-0.3, -0.25) is 9.69 Å². The van der Waals surface area contributed by atoms with Gasteiger partial charge in [-0.05, 0) is 55.7 Å². The standard InChI is InChI=1S/C23H23N5OS3/c1-14-7-5-9-19(11-14)28(17(4)29)22-24-18(12-30-22)13-31-23-27-26-21(32-23)25-20-10-6-8-15(2)16(20)3/h5-12H,13H2,1-4H3,(H,25,26). The van der Waals surface area contributed by atoms with E-state index in [1.807, 2.05) is 48.7 Å². The van der Waals surface area contributed by atoms with Gasteiger partial charge in [0.15, 0.2) is 9.47 Å². The van der Waals surface area contributed by atoms with Crippen LogP contribution in [-0.4, -0.2) is 21.1 Å².